The lowest BCUT2D eigenvalue weighted by Gasteiger charge is -1.90. The molecule has 0 aromatic carbocycles. The fourth-order valence-electron chi connectivity index (χ4n) is 1.71. The molecule has 2 atom stereocenters. The molecule has 2 heterocycles. The molecule has 2 aliphatic rings. The molecule has 0 N–H and O–H groups in total. The van der Waals surface area contributed by atoms with Gasteiger partial charge in [0.1, 0.15) is 0 Å². The topological polar surface area (TPSA) is 25.1 Å². The van der Waals surface area contributed by atoms with Crippen LogP contribution in [0.25, 0.3) is 0 Å². The zero-order chi connectivity index (χ0) is 11.6. The first-order valence-corrected chi connectivity index (χ1v) is 7.10. The molecule has 2 fully saturated rings. The van der Waals surface area contributed by atoms with Gasteiger partial charge >= 0.3 is 0 Å². The summed E-state index contributed by atoms with van der Waals surface area (Å²) in [5.41, 5.74) is 0. The summed E-state index contributed by atoms with van der Waals surface area (Å²) >= 11 is 0. The maximum absolute atomic E-state index is 5.06. The van der Waals surface area contributed by atoms with Gasteiger partial charge in [0.2, 0.25) is 0 Å². The van der Waals surface area contributed by atoms with Crippen LogP contribution in [-0.4, -0.2) is 25.4 Å². The van der Waals surface area contributed by atoms with Crippen LogP contribution < -0.4 is 0 Å². The van der Waals surface area contributed by atoms with E-state index in [0.29, 0.717) is 12.2 Å². The highest BCUT2D eigenvalue weighted by Gasteiger charge is 2.21. The van der Waals surface area contributed by atoms with Gasteiger partial charge in [0.25, 0.3) is 0 Å². The Kier molecular flexibility index (Phi) is 7.87. The molecular weight excluding hydrogens is 200 g/mol. The van der Waals surface area contributed by atoms with E-state index < -0.39 is 0 Å². The lowest BCUT2D eigenvalue weighted by atomic mass is 10.2. The Hall–Kier alpha value is -0.0800. The van der Waals surface area contributed by atoms with Crippen LogP contribution in [0.15, 0.2) is 0 Å². The summed E-state index contributed by atoms with van der Waals surface area (Å²) < 4.78 is 10.1. The highest BCUT2D eigenvalue weighted by Crippen LogP contribution is 2.17. The van der Waals surface area contributed by atoms with Gasteiger partial charge in [0.05, 0.1) is 25.4 Å². The first-order chi connectivity index (χ1) is 7.86. The van der Waals surface area contributed by atoms with E-state index in [1.165, 1.54) is 51.4 Å². The molecule has 0 aromatic heterocycles. The Labute approximate surface area is 101 Å². The van der Waals surface area contributed by atoms with E-state index in [9.17, 15) is 0 Å². The molecule has 0 radical (unpaired) electrons. The Morgan fingerprint density at radius 1 is 0.750 bits per heavy atom. The summed E-state index contributed by atoms with van der Waals surface area (Å²) in [6, 6.07) is 0. The van der Waals surface area contributed by atoms with E-state index in [-0.39, 0.29) is 0 Å². The molecule has 0 bridgehead atoms. The molecule has 16 heavy (non-hydrogen) atoms. The molecular formula is C14H28O2. The predicted octanol–water partition coefficient (Wildman–Crippen LogP) is 3.93. The van der Waals surface area contributed by atoms with Gasteiger partial charge in [0.15, 0.2) is 0 Å². The van der Waals surface area contributed by atoms with Crippen molar-refractivity contribution in [2.24, 2.45) is 0 Å². The molecule has 0 aromatic rings. The normalized spacial score (nSPS) is 25.9. The smallest absolute Gasteiger partial charge is 0.0810 e. The van der Waals surface area contributed by atoms with Gasteiger partial charge < -0.3 is 9.47 Å². The van der Waals surface area contributed by atoms with Crippen molar-refractivity contribution in [1.82, 2.24) is 0 Å². The fourth-order valence-corrected chi connectivity index (χ4v) is 1.71. The number of rotatable bonds is 8. The molecule has 0 aliphatic carbocycles. The maximum atomic E-state index is 5.06. The number of hydrogen-bond donors (Lipinski definition) is 0. The van der Waals surface area contributed by atoms with Crippen LogP contribution in [0.4, 0.5) is 0 Å². The number of hydrogen-bond acceptors (Lipinski definition) is 2. The monoisotopic (exact) mass is 228 g/mol. The van der Waals surface area contributed by atoms with Gasteiger partial charge in [-0.25, -0.2) is 0 Å². The van der Waals surface area contributed by atoms with E-state index in [1.807, 2.05) is 0 Å². The first kappa shape index (κ1) is 14.0. The van der Waals surface area contributed by atoms with E-state index in [4.69, 9.17) is 9.47 Å². The minimum Gasteiger partial charge on any atom is -0.373 e. The third-order valence-electron chi connectivity index (χ3n) is 3.06. The molecule has 2 saturated heterocycles. The Morgan fingerprint density at radius 3 is 1.38 bits per heavy atom. The summed E-state index contributed by atoms with van der Waals surface area (Å²) in [6.45, 7) is 6.52. The van der Waals surface area contributed by atoms with Crippen molar-refractivity contribution >= 4 is 0 Å². The van der Waals surface area contributed by atoms with Gasteiger partial charge in [-0.3, -0.25) is 0 Å². The minimum atomic E-state index is 0.654. The second-order valence-corrected chi connectivity index (χ2v) is 4.90. The van der Waals surface area contributed by atoms with Gasteiger partial charge in [-0.05, 0) is 12.8 Å². The van der Waals surface area contributed by atoms with E-state index in [0.717, 1.165) is 13.2 Å². The molecule has 0 spiro atoms. The Morgan fingerprint density at radius 2 is 1.12 bits per heavy atom. The van der Waals surface area contributed by atoms with E-state index >= 15 is 0 Å². The molecule has 2 aliphatic heterocycles. The third kappa shape index (κ3) is 9.17. The van der Waals surface area contributed by atoms with Crippen LogP contribution in [0, 0.1) is 0 Å². The highest BCUT2D eigenvalue weighted by atomic mass is 16.6. The summed E-state index contributed by atoms with van der Waals surface area (Å²) in [5.74, 6) is 0. The van der Waals surface area contributed by atoms with Crippen molar-refractivity contribution in [2.75, 3.05) is 13.2 Å². The molecule has 0 amide bonds. The zero-order valence-corrected chi connectivity index (χ0v) is 11.0. The lowest BCUT2D eigenvalue weighted by Crippen LogP contribution is -1.83. The first-order valence-electron chi connectivity index (χ1n) is 7.10. The number of ether oxygens (including phenoxy) is 2. The van der Waals surface area contributed by atoms with Gasteiger partial charge in [0, 0.05) is 0 Å². The Bertz CT molecular complexity index is 133. The highest BCUT2D eigenvalue weighted by molar-refractivity contribution is 4.68. The van der Waals surface area contributed by atoms with Crippen LogP contribution in [0.5, 0.6) is 0 Å². The molecule has 0 saturated carbocycles. The number of unbranched alkanes of at least 4 members (excludes halogenated alkanes) is 4. The van der Waals surface area contributed by atoms with Crippen molar-refractivity contribution in [3.63, 3.8) is 0 Å². The van der Waals surface area contributed by atoms with Crippen molar-refractivity contribution in [3.8, 4) is 0 Å². The third-order valence-corrected chi connectivity index (χ3v) is 3.06. The van der Waals surface area contributed by atoms with Crippen molar-refractivity contribution < 1.29 is 9.47 Å². The summed E-state index contributed by atoms with van der Waals surface area (Å²) in [4.78, 5) is 0. The second kappa shape index (κ2) is 9.00. The molecule has 2 rings (SSSR count). The molecule has 1 unspecified atom stereocenters. The van der Waals surface area contributed by atoms with E-state index in [1.54, 1.807) is 0 Å². The van der Waals surface area contributed by atoms with Crippen LogP contribution in [0.2, 0.25) is 0 Å². The quantitative estimate of drug-likeness (QED) is 0.464. The standard InChI is InChI=1S/2C7H14O/c2*1-2-3-4-5-7-6-8-7/h2*7H,2-6H2,1H3/t7-;/m1./s1. The van der Waals surface area contributed by atoms with Crippen molar-refractivity contribution in [3.05, 3.63) is 0 Å². The lowest BCUT2D eigenvalue weighted by molar-refractivity contribution is 0.389. The van der Waals surface area contributed by atoms with Gasteiger partial charge in [-0.15, -0.1) is 0 Å². The zero-order valence-electron chi connectivity index (χ0n) is 11.0. The largest absolute Gasteiger partial charge is 0.373 e. The Balaban J connectivity index is 0.000000160. The van der Waals surface area contributed by atoms with Crippen LogP contribution in [-0.2, 0) is 9.47 Å². The fraction of sp³-hybridized carbons (Fsp3) is 1.00. The summed E-state index contributed by atoms with van der Waals surface area (Å²) in [6.07, 6.45) is 12.0. The molecule has 2 heteroatoms. The van der Waals surface area contributed by atoms with E-state index in [2.05, 4.69) is 13.8 Å². The van der Waals surface area contributed by atoms with Crippen LogP contribution >= 0.6 is 0 Å². The van der Waals surface area contributed by atoms with Gasteiger partial charge in [-0.2, -0.15) is 0 Å². The van der Waals surface area contributed by atoms with Crippen molar-refractivity contribution in [1.29, 1.82) is 0 Å². The second-order valence-electron chi connectivity index (χ2n) is 4.90. The summed E-state index contributed by atoms with van der Waals surface area (Å²) in [5, 5.41) is 0. The summed E-state index contributed by atoms with van der Waals surface area (Å²) in [7, 11) is 0. The molecule has 2 nitrogen and oxygen atoms in total. The van der Waals surface area contributed by atoms with Crippen LogP contribution in [0.1, 0.15) is 65.2 Å². The number of epoxide rings is 2. The SMILES string of the molecule is CCCCCC1CO1.CCCCC[C@@H]1CO1. The molecule has 96 valence electrons. The van der Waals surface area contributed by atoms with Gasteiger partial charge in [-0.1, -0.05) is 52.4 Å². The predicted molar refractivity (Wildman–Crippen MR) is 67.8 cm³/mol. The average molecular weight is 228 g/mol. The van der Waals surface area contributed by atoms with Crippen molar-refractivity contribution in [2.45, 2.75) is 77.4 Å². The van der Waals surface area contributed by atoms with Crippen LogP contribution in [0.3, 0.4) is 0 Å². The average Bonchev–Trinajstić information content (AvgIpc) is 3.15. The maximum Gasteiger partial charge on any atom is 0.0810 e. The minimum absolute atomic E-state index is 0.654.